The number of anilines is 4. The Balaban J connectivity index is 1.22. The SMILES string of the molecule is CCCCc1cc(NC(=O)Nc2ccc(Oc3ccnc(Nc4ccc(O)cc4)n3)c3c2C(C)CC=C3)n(-c2ccc(OC)cc2)n1. The molecule has 1 atom stereocenters. The molecular weight excluding hydrogens is 594 g/mol. The first-order valence-corrected chi connectivity index (χ1v) is 15.6. The predicted molar refractivity (Wildman–Crippen MR) is 183 cm³/mol. The van der Waals surface area contributed by atoms with Gasteiger partial charge in [0.15, 0.2) is 0 Å². The topological polar surface area (TPSA) is 135 Å². The van der Waals surface area contributed by atoms with Gasteiger partial charge in [0.25, 0.3) is 0 Å². The maximum absolute atomic E-state index is 13.5. The summed E-state index contributed by atoms with van der Waals surface area (Å²) in [5.41, 5.74) is 4.99. The van der Waals surface area contributed by atoms with Crippen LogP contribution in [0.15, 0.2) is 85.1 Å². The number of urea groups is 1. The van der Waals surface area contributed by atoms with Gasteiger partial charge in [-0.1, -0.05) is 32.4 Å². The average Bonchev–Trinajstić information content (AvgIpc) is 3.48. The van der Waals surface area contributed by atoms with Gasteiger partial charge in [-0.15, -0.1) is 0 Å². The van der Waals surface area contributed by atoms with Crippen molar-refractivity contribution in [3.8, 4) is 28.8 Å². The molecule has 0 radical (unpaired) electrons. The van der Waals surface area contributed by atoms with E-state index in [1.807, 2.05) is 48.5 Å². The molecule has 5 aromatic rings. The molecule has 11 nitrogen and oxygen atoms in total. The third-order valence-corrected chi connectivity index (χ3v) is 7.84. The van der Waals surface area contributed by atoms with Crippen molar-refractivity contribution >= 4 is 35.2 Å². The number of hydrogen-bond acceptors (Lipinski definition) is 8. The van der Waals surface area contributed by atoms with E-state index in [0.717, 1.165) is 59.6 Å². The fourth-order valence-electron chi connectivity index (χ4n) is 5.46. The van der Waals surface area contributed by atoms with E-state index in [1.165, 1.54) is 0 Å². The van der Waals surface area contributed by atoms with Crippen molar-refractivity contribution in [2.24, 2.45) is 0 Å². The Morgan fingerprint density at radius 2 is 1.85 bits per heavy atom. The Labute approximate surface area is 273 Å². The van der Waals surface area contributed by atoms with Crippen LogP contribution in [0.5, 0.6) is 23.1 Å². The molecule has 4 N–H and O–H groups in total. The van der Waals surface area contributed by atoms with Crippen LogP contribution >= 0.6 is 0 Å². The number of phenols is 1. The van der Waals surface area contributed by atoms with Gasteiger partial charge in [0.1, 0.15) is 23.1 Å². The molecule has 0 saturated carbocycles. The first kappa shape index (κ1) is 31.2. The van der Waals surface area contributed by atoms with Gasteiger partial charge < -0.3 is 25.2 Å². The van der Waals surface area contributed by atoms with Crippen LogP contribution in [0.4, 0.5) is 27.9 Å². The third kappa shape index (κ3) is 7.36. The summed E-state index contributed by atoms with van der Waals surface area (Å²) < 4.78 is 13.3. The van der Waals surface area contributed by atoms with Crippen molar-refractivity contribution < 1.29 is 19.4 Å². The molecule has 3 aromatic carbocycles. The highest BCUT2D eigenvalue weighted by Gasteiger charge is 2.23. The van der Waals surface area contributed by atoms with E-state index in [9.17, 15) is 9.90 Å². The fraction of sp³-hybridized carbons (Fsp3) is 0.222. The minimum Gasteiger partial charge on any atom is -0.508 e. The molecule has 0 bridgehead atoms. The van der Waals surface area contributed by atoms with Crippen LogP contribution in [0.25, 0.3) is 11.8 Å². The number of methoxy groups -OCH3 is 1. The highest BCUT2D eigenvalue weighted by Crippen LogP contribution is 2.41. The number of carbonyl (C=O) groups excluding carboxylic acids is 1. The monoisotopic (exact) mass is 631 g/mol. The zero-order chi connectivity index (χ0) is 32.8. The normalized spacial score (nSPS) is 13.5. The van der Waals surface area contributed by atoms with Gasteiger partial charge in [-0.25, -0.2) is 14.5 Å². The van der Waals surface area contributed by atoms with E-state index in [1.54, 1.807) is 48.3 Å². The number of carbonyl (C=O) groups is 1. The molecule has 2 heterocycles. The number of aromatic nitrogens is 4. The van der Waals surface area contributed by atoms with Gasteiger partial charge in [-0.3, -0.25) is 5.32 Å². The number of unbranched alkanes of at least 4 members (excludes halogenated alkanes) is 1. The van der Waals surface area contributed by atoms with Crippen molar-refractivity contribution in [3.05, 3.63) is 102 Å². The Hall–Kier alpha value is -5.84. The number of amides is 2. The fourth-order valence-corrected chi connectivity index (χ4v) is 5.46. The first-order chi connectivity index (χ1) is 22.9. The van der Waals surface area contributed by atoms with Crippen molar-refractivity contribution in [1.82, 2.24) is 19.7 Å². The average molecular weight is 632 g/mol. The largest absolute Gasteiger partial charge is 0.508 e. The molecule has 1 aliphatic rings. The number of nitrogens with zero attached hydrogens (tertiary/aromatic N) is 4. The van der Waals surface area contributed by atoms with E-state index in [-0.39, 0.29) is 17.7 Å². The van der Waals surface area contributed by atoms with Gasteiger partial charge in [0.05, 0.1) is 18.5 Å². The van der Waals surface area contributed by atoms with Crippen LogP contribution in [-0.2, 0) is 6.42 Å². The van der Waals surface area contributed by atoms with Crippen LogP contribution in [0.2, 0.25) is 0 Å². The number of rotatable bonds is 11. The molecule has 240 valence electrons. The lowest BCUT2D eigenvalue weighted by molar-refractivity contribution is 0.262. The van der Waals surface area contributed by atoms with Gasteiger partial charge >= 0.3 is 6.03 Å². The highest BCUT2D eigenvalue weighted by molar-refractivity contribution is 6.00. The molecule has 0 aliphatic heterocycles. The Morgan fingerprint density at radius 1 is 1.04 bits per heavy atom. The van der Waals surface area contributed by atoms with E-state index in [4.69, 9.17) is 14.6 Å². The number of nitrogens with one attached hydrogen (secondary N) is 3. The molecule has 0 spiro atoms. The Kier molecular flexibility index (Phi) is 9.33. The lowest BCUT2D eigenvalue weighted by Crippen LogP contribution is -2.23. The number of benzene rings is 3. The molecule has 11 heteroatoms. The zero-order valence-corrected chi connectivity index (χ0v) is 26.5. The van der Waals surface area contributed by atoms with Gasteiger partial charge in [0, 0.05) is 35.3 Å². The second-order valence-corrected chi connectivity index (χ2v) is 11.3. The maximum Gasteiger partial charge on any atom is 0.324 e. The summed E-state index contributed by atoms with van der Waals surface area (Å²) in [6.45, 7) is 4.26. The van der Waals surface area contributed by atoms with E-state index in [2.05, 4.69) is 45.8 Å². The smallest absolute Gasteiger partial charge is 0.324 e. The molecule has 0 saturated heterocycles. The Bertz CT molecular complexity index is 1890. The van der Waals surface area contributed by atoms with E-state index < -0.39 is 0 Å². The Morgan fingerprint density at radius 3 is 2.62 bits per heavy atom. The summed E-state index contributed by atoms with van der Waals surface area (Å²) in [6, 6.07) is 21.1. The van der Waals surface area contributed by atoms with Gasteiger partial charge in [-0.05, 0) is 91.4 Å². The van der Waals surface area contributed by atoms with Crippen molar-refractivity contribution in [1.29, 1.82) is 0 Å². The van der Waals surface area contributed by atoms with Crippen LogP contribution in [0.3, 0.4) is 0 Å². The summed E-state index contributed by atoms with van der Waals surface area (Å²) in [7, 11) is 1.63. The first-order valence-electron chi connectivity index (χ1n) is 15.6. The molecule has 1 aliphatic carbocycles. The number of phenolic OH excluding ortho intramolecular Hbond substituents is 1. The van der Waals surface area contributed by atoms with Crippen LogP contribution in [0, 0.1) is 0 Å². The van der Waals surface area contributed by atoms with Crippen LogP contribution < -0.4 is 25.4 Å². The number of fused-ring (bicyclic) bond motifs is 1. The van der Waals surface area contributed by atoms with Crippen molar-refractivity contribution in [2.45, 2.75) is 45.4 Å². The minimum atomic E-state index is -0.375. The standard InChI is InChI=1S/C36H37N7O4/c1-4-5-8-25-22-32(43(42-25)26-12-16-28(46-3)17-13-26)40-36(45)39-30-18-19-31(29-9-6-7-23(2)34(29)30)47-33-20-21-37-35(41-33)38-24-10-14-27(44)15-11-24/h6,9-23,44H,4-5,7-8H2,1-3H3,(H,37,38,41)(H2,39,40,45). The number of ether oxygens (including phenoxy) is 2. The molecule has 0 fully saturated rings. The summed E-state index contributed by atoms with van der Waals surface area (Å²) in [5.74, 6) is 2.95. The number of aryl methyl sites for hydroxylation is 1. The van der Waals surface area contributed by atoms with Crippen molar-refractivity contribution in [2.75, 3.05) is 23.1 Å². The second-order valence-electron chi connectivity index (χ2n) is 11.3. The molecule has 6 rings (SSSR count). The van der Waals surface area contributed by atoms with Gasteiger partial charge in [0.2, 0.25) is 11.8 Å². The highest BCUT2D eigenvalue weighted by atomic mass is 16.5. The molecule has 47 heavy (non-hydrogen) atoms. The molecule has 2 aromatic heterocycles. The maximum atomic E-state index is 13.5. The molecule has 1 unspecified atom stereocenters. The van der Waals surface area contributed by atoms with Crippen LogP contribution in [0.1, 0.15) is 55.8 Å². The van der Waals surface area contributed by atoms with Gasteiger partial charge in [-0.2, -0.15) is 10.1 Å². The summed E-state index contributed by atoms with van der Waals surface area (Å²) in [4.78, 5) is 22.3. The predicted octanol–water partition coefficient (Wildman–Crippen LogP) is 8.42. The number of aromatic hydroxyl groups is 1. The van der Waals surface area contributed by atoms with E-state index >= 15 is 0 Å². The second kappa shape index (κ2) is 14.1. The summed E-state index contributed by atoms with van der Waals surface area (Å²) in [6.07, 6.45) is 9.42. The summed E-state index contributed by atoms with van der Waals surface area (Å²) in [5, 5.41) is 23.6. The zero-order valence-electron chi connectivity index (χ0n) is 26.5. The third-order valence-electron chi connectivity index (χ3n) is 7.84. The molecule has 2 amide bonds. The lowest BCUT2D eigenvalue weighted by atomic mass is 9.86. The van der Waals surface area contributed by atoms with Crippen LogP contribution in [-0.4, -0.2) is 38.0 Å². The van der Waals surface area contributed by atoms with E-state index in [0.29, 0.717) is 29.1 Å². The van der Waals surface area contributed by atoms with Crippen molar-refractivity contribution in [3.63, 3.8) is 0 Å². The lowest BCUT2D eigenvalue weighted by Gasteiger charge is -2.24. The number of allylic oxidation sites excluding steroid dienone is 1. The quantitative estimate of drug-likeness (QED) is 0.107. The number of hydrogen-bond donors (Lipinski definition) is 4. The minimum absolute atomic E-state index is 0.136. The molecular formula is C36H37N7O4. The summed E-state index contributed by atoms with van der Waals surface area (Å²) >= 11 is 0.